The number of hydrogen-bond donors (Lipinski definition) is 0. The average molecular weight is 364 g/mol. The van der Waals surface area contributed by atoms with Crippen molar-refractivity contribution in [2.24, 2.45) is 5.41 Å². The van der Waals surface area contributed by atoms with Crippen LogP contribution in [0.4, 0.5) is 0 Å². The lowest BCUT2D eigenvalue weighted by Crippen LogP contribution is -2.64. The van der Waals surface area contributed by atoms with Crippen molar-refractivity contribution in [2.75, 3.05) is 20.6 Å². The van der Waals surface area contributed by atoms with Gasteiger partial charge in [0.15, 0.2) is 0 Å². The molecule has 0 saturated heterocycles. The maximum atomic E-state index is 12.1. The molecule has 2 fully saturated rings. The molecule has 2 saturated carbocycles. The zero-order chi connectivity index (χ0) is 18.6. The Balaban J connectivity index is 1.39. The molecule has 0 atom stereocenters. The molecule has 142 valence electrons. The molecule has 3 aliphatic rings. The first kappa shape index (κ1) is 17.0. The Hall–Kier alpha value is -2.14. The standard InChI is InChI=1S/C22H28N4O/c1-24(2)20(27)18-6-4-17(5-7-18)13-26-11-10-25-16-23-12-19(25)22(26)14-21(15-22)8-3-9-21/h4-7,12,16H,3,8-11,13-15H2,1-2H3. The molecule has 1 amide bonds. The first-order valence-corrected chi connectivity index (χ1v) is 10.1. The van der Waals surface area contributed by atoms with Gasteiger partial charge >= 0.3 is 0 Å². The number of nitrogens with zero attached hydrogens (tertiary/aromatic N) is 4. The number of hydrogen-bond acceptors (Lipinski definition) is 3. The van der Waals surface area contributed by atoms with E-state index in [-0.39, 0.29) is 11.4 Å². The highest BCUT2D eigenvalue weighted by Crippen LogP contribution is 2.66. The van der Waals surface area contributed by atoms with E-state index in [2.05, 4.69) is 32.8 Å². The maximum absolute atomic E-state index is 12.1. The van der Waals surface area contributed by atoms with Crippen molar-refractivity contribution in [3.8, 4) is 0 Å². The molecule has 0 N–H and O–H groups in total. The van der Waals surface area contributed by atoms with Gasteiger partial charge in [0.25, 0.3) is 5.91 Å². The summed E-state index contributed by atoms with van der Waals surface area (Å²) in [6.45, 7) is 3.02. The number of amides is 1. The molecule has 2 spiro atoms. The number of benzene rings is 1. The van der Waals surface area contributed by atoms with Gasteiger partial charge in [-0.1, -0.05) is 18.6 Å². The van der Waals surface area contributed by atoms with Gasteiger partial charge in [-0.3, -0.25) is 9.69 Å². The highest BCUT2D eigenvalue weighted by molar-refractivity contribution is 5.93. The van der Waals surface area contributed by atoms with Crippen molar-refractivity contribution in [3.05, 3.63) is 53.6 Å². The summed E-state index contributed by atoms with van der Waals surface area (Å²) in [7, 11) is 3.59. The topological polar surface area (TPSA) is 41.4 Å². The van der Waals surface area contributed by atoms with E-state index in [4.69, 9.17) is 0 Å². The van der Waals surface area contributed by atoms with E-state index in [1.807, 2.05) is 18.5 Å². The fourth-order valence-electron chi connectivity index (χ4n) is 5.58. The fourth-order valence-corrected chi connectivity index (χ4v) is 5.58. The summed E-state index contributed by atoms with van der Waals surface area (Å²) in [5.74, 6) is 0.0609. The quantitative estimate of drug-likeness (QED) is 0.839. The molecule has 0 unspecified atom stereocenters. The van der Waals surface area contributed by atoms with Gasteiger partial charge in [0.2, 0.25) is 0 Å². The van der Waals surface area contributed by atoms with Gasteiger partial charge in [0.1, 0.15) is 0 Å². The van der Waals surface area contributed by atoms with Crippen molar-refractivity contribution >= 4 is 5.91 Å². The third kappa shape index (κ3) is 2.55. The van der Waals surface area contributed by atoms with Crippen LogP contribution in [0.25, 0.3) is 0 Å². The number of aromatic nitrogens is 2. The van der Waals surface area contributed by atoms with Crippen LogP contribution in [0.2, 0.25) is 0 Å². The van der Waals surface area contributed by atoms with E-state index in [1.54, 1.807) is 19.0 Å². The molecule has 27 heavy (non-hydrogen) atoms. The summed E-state index contributed by atoms with van der Waals surface area (Å²) in [5.41, 5.74) is 4.21. The SMILES string of the molecule is CN(C)C(=O)c1ccc(CN2CCn3cncc3C23CC2(CCC2)C3)cc1. The molecular weight excluding hydrogens is 336 g/mol. The minimum atomic E-state index is 0.0609. The molecule has 1 aromatic heterocycles. The second kappa shape index (κ2) is 5.93. The van der Waals surface area contributed by atoms with Crippen LogP contribution in [0.5, 0.6) is 0 Å². The van der Waals surface area contributed by atoms with Crippen molar-refractivity contribution in [1.29, 1.82) is 0 Å². The Labute approximate surface area is 161 Å². The van der Waals surface area contributed by atoms with Gasteiger partial charge < -0.3 is 9.47 Å². The van der Waals surface area contributed by atoms with Gasteiger partial charge in [0, 0.05) is 39.3 Å². The van der Waals surface area contributed by atoms with Crippen molar-refractivity contribution < 1.29 is 4.79 Å². The van der Waals surface area contributed by atoms with Crippen LogP contribution in [0.3, 0.4) is 0 Å². The van der Waals surface area contributed by atoms with Gasteiger partial charge in [-0.05, 0) is 48.8 Å². The summed E-state index contributed by atoms with van der Waals surface area (Å²) in [6, 6.07) is 8.17. The molecule has 2 heterocycles. The molecule has 0 bridgehead atoms. The molecule has 5 nitrogen and oxygen atoms in total. The Bertz CT molecular complexity index is 855. The average Bonchev–Trinajstić information content (AvgIpc) is 3.07. The Kier molecular flexibility index (Phi) is 3.73. The second-order valence-electron chi connectivity index (χ2n) is 9.03. The van der Waals surface area contributed by atoms with E-state index < -0.39 is 0 Å². The minimum Gasteiger partial charge on any atom is -0.345 e. The maximum Gasteiger partial charge on any atom is 0.253 e. The van der Waals surface area contributed by atoms with E-state index >= 15 is 0 Å². The van der Waals surface area contributed by atoms with Gasteiger partial charge in [0.05, 0.1) is 23.8 Å². The van der Waals surface area contributed by atoms with Crippen molar-refractivity contribution in [3.63, 3.8) is 0 Å². The Morgan fingerprint density at radius 2 is 1.89 bits per heavy atom. The summed E-state index contributed by atoms with van der Waals surface area (Å²) in [4.78, 5) is 20.9. The molecule has 2 aromatic rings. The van der Waals surface area contributed by atoms with Gasteiger partial charge in [-0.2, -0.15) is 0 Å². The predicted molar refractivity (Wildman–Crippen MR) is 104 cm³/mol. The smallest absolute Gasteiger partial charge is 0.253 e. The lowest BCUT2D eigenvalue weighted by Gasteiger charge is -2.65. The molecule has 2 aliphatic carbocycles. The van der Waals surface area contributed by atoms with Crippen LogP contribution < -0.4 is 0 Å². The predicted octanol–water partition coefficient (Wildman–Crippen LogP) is 3.26. The van der Waals surface area contributed by atoms with E-state index in [0.29, 0.717) is 5.41 Å². The third-order valence-electron chi connectivity index (χ3n) is 7.13. The third-order valence-corrected chi connectivity index (χ3v) is 7.13. The molecule has 5 heteroatoms. The first-order chi connectivity index (χ1) is 13.0. The number of carbonyl (C=O) groups excluding carboxylic acids is 1. The summed E-state index contributed by atoms with van der Waals surface area (Å²) in [5, 5.41) is 0. The fraction of sp³-hybridized carbons (Fsp3) is 0.545. The van der Waals surface area contributed by atoms with Crippen LogP contribution in [0.1, 0.15) is 53.7 Å². The van der Waals surface area contributed by atoms with Crippen molar-refractivity contribution in [2.45, 2.75) is 50.7 Å². The highest BCUT2D eigenvalue weighted by atomic mass is 16.2. The number of fused-ring (bicyclic) bond motifs is 2. The van der Waals surface area contributed by atoms with Gasteiger partial charge in [-0.25, -0.2) is 4.98 Å². The van der Waals surface area contributed by atoms with E-state index in [9.17, 15) is 4.79 Å². The van der Waals surface area contributed by atoms with Crippen LogP contribution in [-0.4, -0.2) is 45.9 Å². The van der Waals surface area contributed by atoms with E-state index in [0.717, 1.165) is 25.2 Å². The lowest BCUT2D eigenvalue weighted by atomic mass is 9.47. The molecular formula is C22H28N4O. The summed E-state index contributed by atoms with van der Waals surface area (Å²) < 4.78 is 2.36. The highest BCUT2D eigenvalue weighted by Gasteiger charge is 2.61. The Morgan fingerprint density at radius 3 is 2.52 bits per heavy atom. The molecule has 5 rings (SSSR count). The summed E-state index contributed by atoms with van der Waals surface area (Å²) in [6.07, 6.45) is 10.9. The number of rotatable bonds is 3. The van der Waals surface area contributed by atoms with Crippen LogP contribution in [0.15, 0.2) is 36.8 Å². The molecule has 1 aliphatic heterocycles. The van der Waals surface area contributed by atoms with Crippen LogP contribution >= 0.6 is 0 Å². The lowest BCUT2D eigenvalue weighted by molar-refractivity contribution is -0.147. The first-order valence-electron chi connectivity index (χ1n) is 10.1. The van der Waals surface area contributed by atoms with Crippen LogP contribution in [0, 0.1) is 5.41 Å². The van der Waals surface area contributed by atoms with Gasteiger partial charge in [-0.15, -0.1) is 0 Å². The largest absolute Gasteiger partial charge is 0.345 e. The minimum absolute atomic E-state index is 0.0609. The monoisotopic (exact) mass is 364 g/mol. The number of imidazole rings is 1. The zero-order valence-electron chi connectivity index (χ0n) is 16.3. The molecule has 1 aromatic carbocycles. The molecule has 0 radical (unpaired) electrons. The second-order valence-corrected chi connectivity index (χ2v) is 9.03. The number of carbonyl (C=O) groups is 1. The van der Waals surface area contributed by atoms with Crippen molar-refractivity contribution in [1.82, 2.24) is 19.4 Å². The normalized spacial score (nSPS) is 22.1. The van der Waals surface area contributed by atoms with E-state index in [1.165, 1.54) is 43.4 Å². The summed E-state index contributed by atoms with van der Waals surface area (Å²) >= 11 is 0. The Morgan fingerprint density at radius 1 is 1.15 bits per heavy atom. The zero-order valence-corrected chi connectivity index (χ0v) is 16.3. The van der Waals surface area contributed by atoms with Crippen LogP contribution in [-0.2, 0) is 18.6 Å².